The number of phenolic OH excluding ortho intramolecular Hbond substituents is 1. The second-order valence-electron chi connectivity index (χ2n) is 7.35. The van der Waals surface area contributed by atoms with Crippen LogP contribution in [0.3, 0.4) is 0 Å². The summed E-state index contributed by atoms with van der Waals surface area (Å²) in [5, 5.41) is 9.83. The molecule has 0 unspecified atom stereocenters. The molecule has 26 heavy (non-hydrogen) atoms. The number of allylic oxidation sites excluding steroid dienone is 4. The summed E-state index contributed by atoms with van der Waals surface area (Å²) in [6.07, 6.45) is 6.70. The summed E-state index contributed by atoms with van der Waals surface area (Å²) in [7, 11) is 0. The first-order chi connectivity index (χ1) is 12.2. The first kappa shape index (κ1) is 18.9. The van der Waals surface area contributed by atoms with Gasteiger partial charge in [-0.05, 0) is 29.2 Å². The van der Waals surface area contributed by atoms with Crippen molar-refractivity contribution in [3.05, 3.63) is 63.0 Å². The Hall–Kier alpha value is -1.91. The molecule has 0 saturated carbocycles. The van der Waals surface area contributed by atoms with E-state index in [4.69, 9.17) is 27.9 Å². The van der Waals surface area contributed by atoms with E-state index in [2.05, 4.69) is 26.8 Å². The zero-order chi connectivity index (χ0) is 19.1. The van der Waals surface area contributed by atoms with Gasteiger partial charge >= 0.3 is 0 Å². The Labute approximate surface area is 163 Å². The molecule has 6 heteroatoms. The van der Waals surface area contributed by atoms with Crippen LogP contribution in [0.4, 0.5) is 0 Å². The second kappa shape index (κ2) is 7.01. The second-order valence-corrected chi connectivity index (χ2v) is 8.17. The number of aromatic hydroxyl groups is 1. The maximum absolute atomic E-state index is 13.1. The van der Waals surface area contributed by atoms with Crippen molar-refractivity contribution < 1.29 is 14.6 Å². The highest BCUT2D eigenvalue weighted by molar-refractivity contribution is 6.37. The number of benzene rings is 1. The summed E-state index contributed by atoms with van der Waals surface area (Å²) < 4.78 is 5.78. The minimum absolute atomic E-state index is 0.0119. The summed E-state index contributed by atoms with van der Waals surface area (Å²) in [4.78, 5) is 14.8. The number of carbonyl (C=O) groups excluding carboxylic acids is 1. The zero-order valence-electron chi connectivity index (χ0n) is 15.0. The highest BCUT2D eigenvalue weighted by Gasteiger charge is 2.28. The Kier molecular flexibility index (Phi) is 5.09. The fourth-order valence-corrected chi connectivity index (χ4v) is 3.51. The maximum Gasteiger partial charge on any atom is 0.258 e. The van der Waals surface area contributed by atoms with Gasteiger partial charge in [-0.1, -0.05) is 56.1 Å². The van der Waals surface area contributed by atoms with Gasteiger partial charge in [-0.25, -0.2) is 0 Å². The van der Waals surface area contributed by atoms with E-state index in [0.29, 0.717) is 30.9 Å². The molecule has 0 fully saturated rings. The van der Waals surface area contributed by atoms with Gasteiger partial charge in [-0.3, -0.25) is 4.79 Å². The highest BCUT2D eigenvalue weighted by Crippen LogP contribution is 2.36. The summed E-state index contributed by atoms with van der Waals surface area (Å²) in [5.41, 5.74) is 2.35. The lowest BCUT2D eigenvalue weighted by Crippen LogP contribution is -2.37. The van der Waals surface area contributed by atoms with Crippen LogP contribution >= 0.6 is 23.2 Å². The van der Waals surface area contributed by atoms with E-state index in [1.807, 2.05) is 12.2 Å². The lowest BCUT2D eigenvalue weighted by Gasteiger charge is -2.31. The number of rotatable bonds is 1. The molecule has 0 saturated heterocycles. The van der Waals surface area contributed by atoms with Crippen molar-refractivity contribution in [1.29, 1.82) is 0 Å². The van der Waals surface area contributed by atoms with Crippen LogP contribution in [-0.4, -0.2) is 29.1 Å². The molecule has 1 heterocycles. The fourth-order valence-electron chi connectivity index (χ4n) is 3.02. The SMILES string of the molecule is CC(C)(C)C1=CCC2=C(C=C1)OCCN2C(=O)c1cc(Cl)c(O)c(Cl)c1. The van der Waals surface area contributed by atoms with Gasteiger partial charge in [0.15, 0.2) is 5.75 Å². The Bertz CT molecular complexity index is 824. The molecule has 1 amide bonds. The lowest BCUT2D eigenvalue weighted by molar-refractivity contribution is 0.0689. The Balaban J connectivity index is 1.95. The standard InChI is InChI=1S/C20H21Cl2NO3/c1-20(2,3)13-4-6-16-17(7-5-13)26-9-8-23(16)19(25)12-10-14(21)18(24)15(22)11-12/h4-5,7,10-11,24H,6,8-9H2,1-3H3. The van der Waals surface area contributed by atoms with E-state index in [-0.39, 0.29) is 27.1 Å². The predicted molar refractivity (Wildman–Crippen MR) is 103 cm³/mol. The Morgan fingerprint density at radius 1 is 1.19 bits per heavy atom. The molecule has 0 atom stereocenters. The largest absolute Gasteiger partial charge is 0.505 e. The van der Waals surface area contributed by atoms with Gasteiger partial charge in [-0.2, -0.15) is 0 Å². The Morgan fingerprint density at radius 3 is 2.46 bits per heavy atom. The van der Waals surface area contributed by atoms with Gasteiger partial charge in [0.2, 0.25) is 0 Å². The van der Waals surface area contributed by atoms with Crippen LogP contribution in [0.2, 0.25) is 10.0 Å². The van der Waals surface area contributed by atoms with Crippen molar-refractivity contribution in [1.82, 2.24) is 4.90 Å². The van der Waals surface area contributed by atoms with Crippen LogP contribution in [0.25, 0.3) is 0 Å². The molecule has 0 radical (unpaired) electrons. The predicted octanol–water partition coefficient (Wildman–Crippen LogP) is 5.32. The first-order valence-corrected chi connectivity index (χ1v) is 9.18. The van der Waals surface area contributed by atoms with Crippen LogP contribution in [-0.2, 0) is 4.74 Å². The average Bonchev–Trinajstić information content (AvgIpc) is 2.80. The van der Waals surface area contributed by atoms with E-state index >= 15 is 0 Å². The van der Waals surface area contributed by atoms with E-state index < -0.39 is 0 Å². The minimum Gasteiger partial charge on any atom is -0.505 e. The molecule has 2 aliphatic rings. The van der Waals surface area contributed by atoms with Gasteiger partial charge in [0, 0.05) is 12.0 Å². The molecule has 1 aliphatic heterocycles. The summed E-state index contributed by atoms with van der Waals surface area (Å²) in [5.74, 6) is 0.267. The first-order valence-electron chi connectivity index (χ1n) is 8.43. The fraction of sp³-hybridized carbons (Fsp3) is 0.350. The van der Waals surface area contributed by atoms with Gasteiger partial charge < -0.3 is 14.7 Å². The molecule has 3 rings (SSSR count). The van der Waals surface area contributed by atoms with Crippen molar-refractivity contribution in [3.63, 3.8) is 0 Å². The number of hydrogen-bond acceptors (Lipinski definition) is 3. The van der Waals surface area contributed by atoms with Crippen molar-refractivity contribution in [3.8, 4) is 5.75 Å². The molecule has 1 aliphatic carbocycles. The number of phenols is 1. The zero-order valence-corrected chi connectivity index (χ0v) is 16.5. The number of halogens is 2. The molecule has 138 valence electrons. The topological polar surface area (TPSA) is 49.8 Å². The number of ether oxygens (including phenoxy) is 1. The Morgan fingerprint density at radius 2 is 1.85 bits per heavy atom. The van der Waals surface area contributed by atoms with E-state index in [0.717, 1.165) is 5.70 Å². The van der Waals surface area contributed by atoms with Crippen LogP contribution in [0.1, 0.15) is 37.6 Å². The number of amides is 1. The van der Waals surface area contributed by atoms with Crippen molar-refractivity contribution in [2.45, 2.75) is 27.2 Å². The molecule has 0 spiro atoms. The van der Waals surface area contributed by atoms with Gasteiger partial charge in [0.1, 0.15) is 12.4 Å². The monoisotopic (exact) mass is 393 g/mol. The highest BCUT2D eigenvalue weighted by atomic mass is 35.5. The smallest absolute Gasteiger partial charge is 0.258 e. The third kappa shape index (κ3) is 3.62. The number of nitrogens with zero attached hydrogens (tertiary/aromatic N) is 1. The molecule has 1 aromatic rings. The van der Waals surface area contributed by atoms with Crippen molar-refractivity contribution in [2.24, 2.45) is 5.41 Å². The third-order valence-electron chi connectivity index (χ3n) is 4.49. The molecule has 0 bridgehead atoms. The number of carbonyl (C=O) groups is 1. The van der Waals surface area contributed by atoms with Crippen LogP contribution in [0.5, 0.6) is 5.75 Å². The number of hydrogen-bond donors (Lipinski definition) is 1. The molecule has 1 aromatic carbocycles. The van der Waals surface area contributed by atoms with Crippen molar-refractivity contribution in [2.75, 3.05) is 13.2 Å². The van der Waals surface area contributed by atoms with Crippen molar-refractivity contribution >= 4 is 29.1 Å². The van der Waals surface area contributed by atoms with Crippen LogP contribution in [0, 0.1) is 5.41 Å². The normalized spacial score (nSPS) is 17.4. The van der Waals surface area contributed by atoms with E-state index in [1.165, 1.54) is 17.7 Å². The van der Waals surface area contributed by atoms with E-state index in [9.17, 15) is 9.90 Å². The van der Waals surface area contributed by atoms with Gasteiger partial charge in [0.25, 0.3) is 5.91 Å². The third-order valence-corrected chi connectivity index (χ3v) is 5.06. The molecule has 1 N–H and O–H groups in total. The lowest BCUT2D eigenvalue weighted by atomic mass is 9.86. The van der Waals surface area contributed by atoms with E-state index in [1.54, 1.807) is 4.90 Å². The van der Waals surface area contributed by atoms with Crippen LogP contribution < -0.4 is 0 Å². The summed E-state index contributed by atoms with van der Waals surface area (Å²) in [6, 6.07) is 2.87. The average molecular weight is 394 g/mol. The summed E-state index contributed by atoms with van der Waals surface area (Å²) >= 11 is 11.9. The quantitative estimate of drug-likeness (QED) is 0.702. The minimum atomic E-state index is -0.220. The molecular formula is C20H21Cl2NO3. The molecular weight excluding hydrogens is 373 g/mol. The maximum atomic E-state index is 13.1. The molecule has 0 aromatic heterocycles. The van der Waals surface area contributed by atoms with Crippen LogP contribution in [0.15, 0.2) is 47.4 Å². The van der Waals surface area contributed by atoms with Gasteiger partial charge in [0.05, 0.1) is 22.3 Å². The summed E-state index contributed by atoms with van der Waals surface area (Å²) in [6.45, 7) is 7.31. The van der Waals surface area contributed by atoms with Gasteiger partial charge in [-0.15, -0.1) is 0 Å². The molecule has 4 nitrogen and oxygen atoms in total.